The fraction of sp³-hybridized carbons (Fsp3) is 0.588. The van der Waals surface area contributed by atoms with Gasteiger partial charge < -0.3 is 4.40 Å². The second-order valence-corrected chi connectivity index (χ2v) is 9.20. The number of hydrogen-bond acceptors (Lipinski definition) is 4. The molecule has 2 aliphatic rings. The summed E-state index contributed by atoms with van der Waals surface area (Å²) in [5.74, 6) is 1.15. The number of aromatic nitrogens is 2. The van der Waals surface area contributed by atoms with Gasteiger partial charge in [-0.3, -0.25) is 4.90 Å². The Morgan fingerprint density at radius 3 is 2.83 bits per heavy atom. The molecule has 1 saturated carbocycles. The van der Waals surface area contributed by atoms with Gasteiger partial charge in [-0.05, 0) is 37.8 Å². The van der Waals surface area contributed by atoms with E-state index in [1.807, 2.05) is 12.1 Å². The molecule has 0 bridgehead atoms. The van der Waals surface area contributed by atoms with Gasteiger partial charge in [0.05, 0.1) is 17.2 Å². The maximum atomic E-state index is 12.0. The Morgan fingerprint density at radius 1 is 1.30 bits per heavy atom. The zero-order valence-electron chi connectivity index (χ0n) is 13.5. The lowest BCUT2D eigenvalue weighted by Crippen LogP contribution is -2.52. The number of sulfone groups is 1. The third-order valence-corrected chi connectivity index (χ3v) is 7.04. The molecule has 0 spiro atoms. The van der Waals surface area contributed by atoms with Gasteiger partial charge in [0, 0.05) is 31.0 Å². The topological polar surface area (TPSA) is 54.7 Å². The first kappa shape index (κ1) is 15.1. The van der Waals surface area contributed by atoms with Crippen molar-refractivity contribution in [2.75, 3.05) is 18.1 Å². The van der Waals surface area contributed by atoms with E-state index in [-0.39, 0.29) is 11.8 Å². The van der Waals surface area contributed by atoms with Gasteiger partial charge in [0.25, 0.3) is 0 Å². The van der Waals surface area contributed by atoms with Crippen molar-refractivity contribution in [2.45, 2.75) is 38.8 Å². The average Bonchev–Trinajstić information content (AvgIpc) is 2.84. The van der Waals surface area contributed by atoms with E-state index in [0.717, 1.165) is 23.6 Å². The molecule has 0 N–H and O–H groups in total. The van der Waals surface area contributed by atoms with Crippen molar-refractivity contribution < 1.29 is 8.42 Å². The van der Waals surface area contributed by atoms with Gasteiger partial charge in [0.15, 0.2) is 9.84 Å². The molecular weight excluding hydrogens is 310 g/mol. The summed E-state index contributed by atoms with van der Waals surface area (Å²) in [7, 11) is -2.88. The van der Waals surface area contributed by atoms with Crippen LogP contribution in [-0.2, 0) is 16.4 Å². The van der Waals surface area contributed by atoms with Crippen LogP contribution in [0.15, 0.2) is 24.4 Å². The summed E-state index contributed by atoms with van der Waals surface area (Å²) in [6.45, 7) is 3.46. The van der Waals surface area contributed by atoms with Crippen LogP contribution < -0.4 is 0 Å². The summed E-state index contributed by atoms with van der Waals surface area (Å²) in [6.07, 6.45) is 5.66. The lowest BCUT2D eigenvalue weighted by molar-refractivity contribution is 0.102. The molecule has 2 aromatic rings. The molecule has 23 heavy (non-hydrogen) atoms. The van der Waals surface area contributed by atoms with Crippen LogP contribution in [0.5, 0.6) is 0 Å². The molecule has 1 atom stereocenters. The zero-order chi connectivity index (χ0) is 16.0. The number of nitrogens with zero attached hydrogens (tertiary/aromatic N) is 3. The summed E-state index contributed by atoms with van der Waals surface area (Å²) >= 11 is 0. The molecule has 1 saturated heterocycles. The van der Waals surface area contributed by atoms with Crippen molar-refractivity contribution in [1.29, 1.82) is 0 Å². The first-order chi connectivity index (χ1) is 11.0. The van der Waals surface area contributed by atoms with Crippen LogP contribution in [0.25, 0.3) is 5.65 Å². The minimum atomic E-state index is -2.88. The monoisotopic (exact) mass is 333 g/mol. The van der Waals surface area contributed by atoms with Crippen molar-refractivity contribution >= 4 is 15.5 Å². The average molecular weight is 333 g/mol. The summed E-state index contributed by atoms with van der Waals surface area (Å²) in [5.41, 5.74) is 3.16. The third-order valence-electron chi connectivity index (χ3n) is 5.39. The Hall–Kier alpha value is -1.40. The number of fused-ring (bicyclic) bond motifs is 1. The Morgan fingerprint density at radius 2 is 2.13 bits per heavy atom. The molecule has 2 aromatic heterocycles. The number of rotatable bonds is 3. The SMILES string of the molecule is Cc1cccc2nc(CN3CCS(=O)(=O)CC3C3CCC3)cn12. The second kappa shape index (κ2) is 5.60. The fourth-order valence-electron chi connectivity index (χ4n) is 3.81. The summed E-state index contributed by atoms with van der Waals surface area (Å²) in [5, 5.41) is 0. The summed E-state index contributed by atoms with van der Waals surface area (Å²) in [4.78, 5) is 7.06. The highest BCUT2D eigenvalue weighted by Crippen LogP contribution is 2.35. The maximum Gasteiger partial charge on any atom is 0.153 e. The molecule has 0 radical (unpaired) electrons. The van der Waals surface area contributed by atoms with Gasteiger partial charge in [0.1, 0.15) is 5.65 Å². The van der Waals surface area contributed by atoms with E-state index < -0.39 is 9.84 Å². The second-order valence-electron chi connectivity index (χ2n) is 6.97. The normalized spacial score (nSPS) is 25.5. The van der Waals surface area contributed by atoms with Crippen LogP contribution in [0.4, 0.5) is 0 Å². The largest absolute Gasteiger partial charge is 0.304 e. The molecular formula is C17H23N3O2S. The van der Waals surface area contributed by atoms with Crippen molar-refractivity contribution in [3.05, 3.63) is 35.8 Å². The smallest absolute Gasteiger partial charge is 0.153 e. The molecule has 1 aliphatic carbocycles. The molecule has 1 unspecified atom stereocenters. The van der Waals surface area contributed by atoms with Crippen LogP contribution in [0.2, 0.25) is 0 Å². The first-order valence-corrected chi connectivity index (χ1v) is 10.2. The lowest BCUT2D eigenvalue weighted by atomic mass is 9.79. The highest BCUT2D eigenvalue weighted by atomic mass is 32.2. The Balaban J connectivity index is 1.59. The molecule has 5 nitrogen and oxygen atoms in total. The Labute approximate surface area is 137 Å². The van der Waals surface area contributed by atoms with Crippen molar-refractivity contribution in [3.63, 3.8) is 0 Å². The molecule has 3 heterocycles. The van der Waals surface area contributed by atoms with Crippen LogP contribution in [0.1, 0.15) is 30.7 Å². The Bertz CT molecular complexity index is 823. The highest BCUT2D eigenvalue weighted by Gasteiger charge is 2.38. The van der Waals surface area contributed by atoms with E-state index in [2.05, 4.69) is 28.5 Å². The lowest BCUT2D eigenvalue weighted by Gasteiger charge is -2.43. The molecule has 2 fully saturated rings. The van der Waals surface area contributed by atoms with Gasteiger partial charge in [-0.1, -0.05) is 12.5 Å². The molecule has 0 aromatic carbocycles. The van der Waals surface area contributed by atoms with E-state index in [9.17, 15) is 8.42 Å². The van der Waals surface area contributed by atoms with Crippen LogP contribution in [0, 0.1) is 12.8 Å². The molecule has 6 heteroatoms. The molecule has 124 valence electrons. The van der Waals surface area contributed by atoms with E-state index in [4.69, 9.17) is 4.98 Å². The van der Waals surface area contributed by atoms with Crippen LogP contribution >= 0.6 is 0 Å². The van der Waals surface area contributed by atoms with Gasteiger partial charge in [-0.15, -0.1) is 0 Å². The van der Waals surface area contributed by atoms with E-state index in [1.165, 1.54) is 19.3 Å². The van der Waals surface area contributed by atoms with Crippen molar-refractivity contribution in [2.24, 2.45) is 5.92 Å². The van der Waals surface area contributed by atoms with Gasteiger partial charge in [0.2, 0.25) is 0 Å². The first-order valence-electron chi connectivity index (χ1n) is 8.40. The predicted octanol–water partition coefficient (Wildman–Crippen LogP) is 2.04. The minimum Gasteiger partial charge on any atom is -0.304 e. The number of hydrogen-bond donors (Lipinski definition) is 0. The van der Waals surface area contributed by atoms with E-state index in [0.29, 0.717) is 18.2 Å². The van der Waals surface area contributed by atoms with Crippen LogP contribution in [-0.4, -0.2) is 46.8 Å². The quantitative estimate of drug-likeness (QED) is 0.862. The summed E-state index contributed by atoms with van der Waals surface area (Å²) in [6, 6.07) is 6.28. The van der Waals surface area contributed by atoms with Gasteiger partial charge in [-0.2, -0.15) is 0 Å². The molecule has 1 aliphatic heterocycles. The third kappa shape index (κ3) is 2.90. The predicted molar refractivity (Wildman–Crippen MR) is 90.1 cm³/mol. The molecule has 0 amide bonds. The Kier molecular flexibility index (Phi) is 3.69. The maximum absolute atomic E-state index is 12.0. The molecule has 4 rings (SSSR count). The number of aryl methyl sites for hydroxylation is 1. The highest BCUT2D eigenvalue weighted by molar-refractivity contribution is 7.91. The zero-order valence-corrected chi connectivity index (χ0v) is 14.3. The van der Waals surface area contributed by atoms with Gasteiger partial charge in [-0.25, -0.2) is 13.4 Å². The number of imidazole rings is 1. The van der Waals surface area contributed by atoms with Crippen molar-refractivity contribution in [1.82, 2.24) is 14.3 Å². The summed E-state index contributed by atoms with van der Waals surface area (Å²) < 4.78 is 26.2. The minimum absolute atomic E-state index is 0.174. The van der Waals surface area contributed by atoms with Gasteiger partial charge >= 0.3 is 0 Å². The van der Waals surface area contributed by atoms with E-state index >= 15 is 0 Å². The van der Waals surface area contributed by atoms with E-state index in [1.54, 1.807) is 0 Å². The van der Waals surface area contributed by atoms with Crippen molar-refractivity contribution in [3.8, 4) is 0 Å². The fourth-order valence-corrected chi connectivity index (χ4v) is 5.49. The number of pyridine rings is 1. The standard InChI is InChI=1S/C17H23N3O2S/c1-13-4-2-7-17-18-15(11-20(13)17)10-19-8-9-23(21,22)12-16(19)14-5-3-6-14/h2,4,7,11,14,16H,3,5-6,8-10,12H2,1H3. The van der Waals surface area contributed by atoms with Crippen LogP contribution in [0.3, 0.4) is 0 Å².